The van der Waals surface area contributed by atoms with Gasteiger partial charge in [0, 0.05) is 155 Å². The van der Waals surface area contributed by atoms with Crippen molar-refractivity contribution in [1.82, 2.24) is 60.8 Å². The summed E-state index contributed by atoms with van der Waals surface area (Å²) >= 11 is 22.8. The van der Waals surface area contributed by atoms with E-state index in [0.717, 1.165) is 18.2 Å². The number of piperidine rings is 3. The topological polar surface area (TPSA) is 390 Å². The average molecular weight is 1850 g/mol. The summed E-state index contributed by atoms with van der Waals surface area (Å²) in [5, 5.41) is 44.1. The molecule has 0 bridgehead atoms. The summed E-state index contributed by atoms with van der Waals surface area (Å²) in [5.74, 6) is -11.0. The van der Waals surface area contributed by atoms with Crippen molar-refractivity contribution in [3.63, 3.8) is 0 Å². The first-order chi connectivity index (χ1) is 60.5. The van der Waals surface area contributed by atoms with E-state index in [1.165, 1.54) is 64.5 Å². The minimum atomic E-state index is -1.23. The van der Waals surface area contributed by atoms with Crippen LogP contribution in [0, 0.1) is 59.6 Å². The van der Waals surface area contributed by atoms with Crippen molar-refractivity contribution in [3.05, 3.63) is 239 Å². The number of aryl methyl sites for hydroxylation is 2. The number of carboxylic acid groups (broad SMARTS) is 3. The lowest BCUT2D eigenvalue weighted by atomic mass is 9.85. The molecule has 9 aromatic rings. The van der Waals surface area contributed by atoms with E-state index < -0.39 is 104 Å². The summed E-state index contributed by atoms with van der Waals surface area (Å²) in [7, 11) is 0. The average Bonchev–Trinajstić information content (AvgIpc) is 1.10. The number of aromatic nitrogens is 9. The highest BCUT2D eigenvalue weighted by atomic mass is 35.5. The number of halogens is 9. The molecule has 0 amide bonds. The van der Waals surface area contributed by atoms with Crippen molar-refractivity contribution in [2.45, 2.75) is 117 Å². The van der Waals surface area contributed by atoms with Crippen molar-refractivity contribution < 1.29 is 84.6 Å². The minimum absolute atomic E-state index is 0.0265. The van der Waals surface area contributed by atoms with E-state index in [-0.39, 0.29) is 94.0 Å². The predicted octanol–water partition coefficient (Wildman–Crippen LogP) is 15.2. The number of carbonyl (C=O) groups excluding carboxylic acids is 3. The van der Waals surface area contributed by atoms with Gasteiger partial charge in [0.05, 0.1) is 51.6 Å². The molecule has 0 aliphatic carbocycles. The number of aromatic carboxylic acids is 3. The first-order valence-electron chi connectivity index (χ1n) is 39.9. The van der Waals surface area contributed by atoms with Crippen LogP contribution >= 0.6 is 68.8 Å². The Kier molecular flexibility index (Phi) is 29.6. The molecule has 660 valence electrons. The van der Waals surface area contributed by atoms with E-state index >= 15 is 0 Å². The second-order valence-electron chi connectivity index (χ2n) is 29.4. The first kappa shape index (κ1) is 91.8. The van der Waals surface area contributed by atoms with Gasteiger partial charge in [0.1, 0.15) is 18.1 Å². The third-order valence-corrected chi connectivity index (χ3v) is 24.9. The van der Waals surface area contributed by atoms with Crippen LogP contribution in [0.15, 0.2) is 138 Å². The number of nitrogens with one attached hydrogen (secondary N) is 3. The zero-order valence-corrected chi connectivity index (χ0v) is 73.1. The number of nitrogens with zero attached hydrogens (tertiary/aromatic N) is 15. The van der Waals surface area contributed by atoms with Gasteiger partial charge in [-0.2, -0.15) is 0 Å². The van der Waals surface area contributed by atoms with Crippen LogP contribution in [-0.2, 0) is 35.0 Å². The highest BCUT2D eigenvalue weighted by Gasteiger charge is 2.44. The summed E-state index contributed by atoms with van der Waals surface area (Å²) in [5.41, 5.74) is 3.91. The van der Waals surface area contributed by atoms with E-state index in [1.54, 1.807) is 68.6 Å². The van der Waals surface area contributed by atoms with Crippen LogP contribution in [0.1, 0.15) is 184 Å². The molecule has 3 atom stereocenters. The number of benzene rings is 3. The lowest BCUT2D eigenvalue weighted by Crippen LogP contribution is -2.42. The number of anilines is 3. The number of carboxylic acids is 3. The summed E-state index contributed by atoms with van der Waals surface area (Å²) in [6, 6.07) is 4.96. The number of amidine groups is 3. The fraction of sp³-hybridized carbons (Fsp3) is 0.357. The van der Waals surface area contributed by atoms with Gasteiger partial charge in [0.2, 0.25) is 17.8 Å². The molecule has 0 spiro atoms. The molecule has 15 rings (SSSR count). The highest BCUT2D eigenvalue weighted by molar-refractivity contribution is 7.12. The molecule has 3 aromatic carbocycles. The third-order valence-electron chi connectivity index (χ3n) is 21.4. The molecule has 3 saturated heterocycles. The van der Waals surface area contributed by atoms with Gasteiger partial charge in [-0.15, -0.1) is 34.0 Å². The maximum atomic E-state index is 14.6. The quantitative estimate of drug-likeness (QED) is 0.0150. The predicted molar refractivity (Wildman–Crippen MR) is 459 cm³/mol. The van der Waals surface area contributed by atoms with Gasteiger partial charge in [-0.05, 0) is 103 Å². The van der Waals surface area contributed by atoms with Crippen LogP contribution in [0.2, 0.25) is 15.1 Å². The number of rotatable bonds is 23. The number of carbonyl (C=O) groups is 6. The van der Waals surface area contributed by atoms with Crippen molar-refractivity contribution in [3.8, 4) is 0 Å². The number of allylic oxidation sites excluding steroid dienone is 3. The SMILES string of the molecule is CCOC(=O)C1=C(C2CCN(c3nc(C)cc(C(=O)O)n3)CC2)NC(c2nccs2)=NC1c1ccc(F)c(F)c1Cl.CCOC(=O)C1=C(C2CCN(c3ncc(C(C)C)c(C(=O)O)n3)CC2)NC(c2nccs2)=NC1c1ccc(F)c(F)c1Cl.CCOC(=O)C1=C(C2CCN(c3ncc(CC)c(C(=O)O)n3)CC2)NC(c2nccs2)=NC1c1ccc(F)c(F)c1Cl. The normalized spacial score (nSPS) is 17.6. The van der Waals surface area contributed by atoms with Crippen LogP contribution in [-0.4, -0.2) is 173 Å². The molecule has 0 radical (unpaired) electrons. The molecule has 6 aromatic heterocycles. The summed E-state index contributed by atoms with van der Waals surface area (Å²) in [6.45, 7) is 15.4. The van der Waals surface area contributed by atoms with Gasteiger partial charge >= 0.3 is 35.8 Å². The Labute approximate surface area is 743 Å². The molecule has 0 saturated carbocycles. The number of hydrogen-bond donors (Lipinski definition) is 6. The molecule has 6 aliphatic rings. The zero-order chi connectivity index (χ0) is 90.1. The highest BCUT2D eigenvalue weighted by Crippen LogP contribution is 2.46. The Morgan fingerprint density at radius 3 is 1.12 bits per heavy atom. The number of esters is 3. The Hall–Kier alpha value is -11.9. The summed E-state index contributed by atoms with van der Waals surface area (Å²) in [4.78, 5) is 134. The van der Waals surface area contributed by atoms with Crippen molar-refractivity contribution in [2.75, 3.05) is 73.8 Å². The maximum absolute atomic E-state index is 14.6. The maximum Gasteiger partial charge on any atom is 0.354 e. The molecule has 6 aliphatic heterocycles. The molecule has 12 heterocycles. The van der Waals surface area contributed by atoms with Crippen molar-refractivity contribution >= 4 is 140 Å². The van der Waals surface area contributed by atoms with E-state index in [4.69, 9.17) is 59.0 Å². The lowest BCUT2D eigenvalue weighted by molar-refractivity contribution is -0.140. The Bertz CT molecular complexity index is 5850. The van der Waals surface area contributed by atoms with Crippen LogP contribution in [0.4, 0.5) is 44.2 Å². The number of aliphatic imine (C=N–C) groups is 3. The van der Waals surface area contributed by atoms with E-state index in [1.807, 2.05) is 35.5 Å². The van der Waals surface area contributed by atoms with E-state index in [0.29, 0.717) is 169 Å². The molecular formula is C84H81Cl3F6N18O12S3. The minimum Gasteiger partial charge on any atom is -0.477 e. The molecule has 3 unspecified atom stereocenters. The van der Waals surface area contributed by atoms with Gasteiger partial charge < -0.3 is 60.2 Å². The second kappa shape index (κ2) is 40.6. The largest absolute Gasteiger partial charge is 0.477 e. The standard InChI is InChI=1S/C29H29ClF2N6O4S.C28H27ClF2N6O4S.C27H25ClF2N6O4S/c1-4-42-28(41)19-22(15-7-10-38(11-8-15)29-34-13-17(14(2)3)24(37-29)27(39)40)35-25(26-33-9-12-43-26)36-23(19)16-5-6-18(31)21(32)20(16)30;1-3-14-13-33-28(36-22(14)26(38)39)37-10-7-15(8-11-37)21-18(27(40)41-4-2)23(16-5-6-17(30)20(31)19(16)29)35-24(34-21)25-32-9-12-42-25;1-3-40-26(39)18-21(14-6-9-36(10-7-14)27-32-13(2)12-17(33-27)25(37)38)34-23(24-31-8-11-41-24)35-22(18)15-4-5-16(29)20(30)19(15)28/h5-6,9,12-15,23H,4,7-8,10-11H2,1-3H3,(H,35,36)(H,39,40);5-6,9,12-13,15,23H,3-4,7-8,10-11H2,1-2H3,(H,34,35)(H,38,39);4-5,8,11-12,14,22H,3,6-7,9-10H2,1-2H3,(H,34,35)(H,37,38). The molecule has 30 nitrogen and oxygen atoms in total. The molecule has 3 fully saturated rings. The molecule has 6 N–H and O–H groups in total. The number of hydrogen-bond acceptors (Lipinski definition) is 30. The zero-order valence-electron chi connectivity index (χ0n) is 68.4. The first-order valence-corrected chi connectivity index (χ1v) is 43.7. The molecule has 126 heavy (non-hydrogen) atoms. The van der Waals surface area contributed by atoms with E-state index in [2.05, 4.69) is 65.8 Å². The van der Waals surface area contributed by atoms with Crippen LogP contribution in [0.5, 0.6) is 0 Å². The van der Waals surface area contributed by atoms with Crippen molar-refractivity contribution in [1.29, 1.82) is 0 Å². The summed E-state index contributed by atoms with van der Waals surface area (Å²) in [6.07, 6.45) is 11.6. The molecule has 42 heteroatoms. The number of ether oxygens (including phenoxy) is 3. The molecular weight excluding hydrogens is 1770 g/mol. The lowest BCUT2D eigenvalue weighted by Gasteiger charge is -2.36. The van der Waals surface area contributed by atoms with Gasteiger partial charge in [0.25, 0.3) is 0 Å². The third kappa shape index (κ3) is 20.0. The van der Waals surface area contributed by atoms with Gasteiger partial charge in [-0.1, -0.05) is 73.8 Å². The fourth-order valence-corrected chi connectivity index (χ4v) is 17.8. The number of thiazole rings is 3. The fourth-order valence-electron chi connectivity index (χ4n) is 15.3. The monoisotopic (exact) mass is 1850 g/mol. The smallest absolute Gasteiger partial charge is 0.354 e. The Morgan fingerprint density at radius 1 is 0.468 bits per heavy atom. The van der Waals surface area contributed by atoms with Gasteiger partial charge in [0.15, 0.2) is 84.5 Å². The van der Waals surface area contributed by atoms with Crippen molar-refractivity contribution in [2.24, 2.45) is 32.7 Å². The van der Waals surface area contributed by atoms with E-state index in [9.17, 15) is 70.4 Å². The Morgan fingerprint density at radius 2 is 0.810 bits per heavy atom. The van der Waals surface area contributed by atoms with Gasteiger partial charge in [-0.3, -0.25) is 15.0 Å². The van der Waals surface area contributed by atoms with Crippen LogP contribution < -0.4 is 30.7 Å². The van der Waals surface area contributed by atoms with Gasteiger partial charge in [-0.25, -0.2) is 100.0 Å². The van der Waals surface area contributed by atoms with Crippen LogP contribution in [0.3, 0.4) is 0 Å². The second-order valence-corrected chi connectivity index (χ2v) is 33.2. The van der Waals surface area contributed by atoms with Crippen LogP contribution in [0.25, 0.3) is 0 Å². The Balaban J connectivity index is 0.000000162. The summed E-state index contributed by atoms with van der Waals surface area (Å²) < 4.78 is 102.